The van der Waals surface area contributed by atoms with Gasteiger partial charge in [0.25, 0.3) is 0 Å². The molecule has 2 aromatic rings. The third-order valence-corrected chi connectivity index (χ3v) is 3.37. The van der Waals surface area contributed by atoms with Crippen molar-refractivity contribution in [2.24, 2.45) is 0 Å². The lowest BCUT2D eigenvalue weighted by Gasteiger charge is -2.11. The van der Waals surface area contributed by atoms with Gasteiger partial charge in [-0.3, -0.25) is 0 Å². The van der Waals surface area contributed by atoms with Gasteiger partial charge < -0.3 is 22.0 Å². The molecule has 6 heteroatoms. The van der Waals surface area contributed by atoms with E-state index in [1.54, 1.807) is 32.4 Å². The van der Waals surface area contributed by atoms with E-state index < -0.39 is 0 Å². The van der Waals surface area contributed by atoms with Crippen LogP contribution in [0.1, 0.15) is 0 Å². The van der Waals surface area contributed by atoms with Crippen LogP contribution in [0.15, 0.2) is 42.5 Å². The molecule has 22 heavy (non-hydrogen) atoms. The van der Waals surface area contributed by atoms with E-state index >= 15 is 0 Å². The molecule has 2 aromatic carbocycles. The van der Waals surface area contributed by atoms with Crippen LogP contribution in [0, 0.1) is 0 Å². The molecule has 0 spiro atoms. The first kappa shape index (κ1) is 16.5. The molecular weight excluding hydrogens is 399 g/mol. The van der Waals surface area contributed by atoms with Crippen LogP contribution in [0.2, 0.25) is 0 Å². The average Bonchev–Trinajstić information content (AvgIpc) is 2.58. The van der Waals surface area contributed by atoms with Gasteiger partial charge >= 0.3 is 0 Å². The molecule has 0 atom stereocenters. The summed E-state index contributed by atoms with van der Waals surface area (Å²) < 4.78 is 26.7. The van der Waals surface area contributed by atoms with Crippen LogP contribution in [-0.2, 0) is 0 Å². The van der Waals surface area contributed by atoms with E-state index in [2.05, 4.69) is 0 Å². The summed E-state index contributed by atoms with van der Waals surface area (Å²) in [5.74, 6) is 3.60. The second kappa shape index (κ2) is 8.57. The summed E-state index contributed by atoms with van der Waals surface area (Å²) in [4.78, 5) is 0. The minimum Gasteiger partial charge on any atom is -0.496 e. The van der Waals surface area contributed by atoms with E-state index in [-0.39, 0.29) is 0 Å². The summed E-state index contributed by atoms with van der Waals surface area (Å²) in [6.45, 7) is 0.852. The maximum Gasteiger partial charge on any atom is 0.192 e. The van der Waals surface area contributed by atoms with Gasteiger partial charge in [0.2, 0.25) is 0 Å². The Labute approximate surface area is 143 Å². The summed E-state index contributed by atoms with van der Waals surface area (Å²) in [6.07, 6.45) is 0. The summed E-state index contributed by atoms with van der Waals surface area (Å²) in [5, 5.41) is 0. The molecule has 0 aliphatic heterocycles. The zero-order valence-corrected chi connectivity index (χ0v) is 14.5. The van der Waals surface area contributed by atoms with Crippen LogP contribution < -0.4 is 22.0 Å². The second-order valence-corrected chi connectivity index (χ2v) is 4.73. The van der Waals surface area contributed by atoms with Crippen molar-refractivity contribution in [3.05, 3.63) is 42.5 Å². The Morgan fingerprint density at radius 3 is 1.64 bits per heavy atom. The van der Waals surface area contributed by atoms with Gasteiger partial charge in [-0.25, -0.2) is 0 Å². The molecule has 0 aliphatic rings. The number of hydrogen-bond donors (Lipinski definition) is 0. The maximum absolute atomic E-state index is 5.65. The highest BCUT2D eigenvalue weighted by Gasteiger charge is 2.03. The summed E-state index contributed by atoms with van der Waals surface area (Å²) >= 11 is 1.84. The van der Waals surface area contributed by atoms with Gasteiger partial charge in [-0.05, 0) is 24.3 Å². The summed E-state index contributed by atoms with van der Waals surface area (Å²) in [5.41, 5.74) is 0. The van der Waals surface area contributed by atoms with Crippen molar-refractivity contribution in [3.63, 3.8) is 0 Å². The van der Waals surface area contributed by atoms with Crippen molar-refractivity contribution in [1.82, 2.24) is 0 Å². The Kier molecular flexibility index (Phi) is 6.45. The van der Waals surface area contributed by atoms with Gasteiger partial charge in [-0.1, -0.05) is 0 Å². The van der Waals surface area contributed by atoms with Crippen LogP contribution >= 0.6 is 23.0 Å². The molecule has 0 N–H and O–H groups in total. The Balaban J connectivity index is 1.82. The van der Waals surface area contributed by atoms with Gasteiger partial charge in [0.05, 0.1) is 14.2 Å². The highest BCUT2D eigenvalue weighted by atomic mass is 127. The number of hydrogen-bond acceptors (Lipinski definition) is 5. The molecule has 0 amide bonds. The molecule has 5 nitrogen and oxygen atoms in total. The lowest BCUT2D eigenvalue weighted by atomic mass is 10.3. The first-order valence-corrected chi connectivity index (χ1v) is 7.50. The minimum atomic E-state index is 0.418. The van der Waals surface area contributed by atoms with Crippen molar-refractivity contribution >= 4 is 23.0 Å². The molecule has 0 unspecified atom stereocenters. The van der Waals surface area contributed by atoms with Crippen molar-refractivity contribution in [2.75, 3.05) is 27.4 Å². The zero-order chi connectivity index (χ0) is 15.8. The van der Waals surface area contributed by atoms with Crippen molar-refractivity contribution < 1.29 is 22.0 Å². The summed E-state index contributed by atoms with van der Waals surface area (Å²) in [6, 6.07) is 12.8. The van der Waals surface area contributed by atoms with E-state index in [9.17, 15) is 0 Å². The third-order valence-electron chi connectivity index (χ3n) is 2.86. The quantitative estimate of drug-likeness (QED) is 0.483. The van der Waals surface area contributed by atoms with E-state index in [1.807, 2.05) is 47.3 Å². The SMILES string of the molecule is COc1cc(OC)cc(OCCOc2ccc(OI)cc2)c1. The number of halogens is 1. The molecular formula is C16H17IO5. The maximum atomic E-state index is 5.65. The Hall–Kier alpha value is -1.83. The van der Waals surface area contributed by atoms with Gasteiger partial charge in [0.1, 0.15) is 42.0 Å². The lowest BCUT2D eigenvalue weighted by molar-refractivity contribution is 0.216. The molecule has 2 rings (SSSR count). The highest BCUT2D eigenvalue weighted by Crippen LogP contribution is 2.27. The predicted octanol–water partition coefficient (Wildman–Crippen LogP) is 3.89. The Morgan fingerprint density at radius 1 is 0.682 bits per heavy atom. The molecule has 118 valence electrons. The number of methoxy groups -OCH3 is 2. The molecule has 0 heterocycles. The fourth-order valence-electron chi connectivity index (χ4n) is 1.77. The van der Waals surface area contributed by atoms with Crippen LogP contribution in [0.4, 0.5) is 0 Å². The fraction of sp³-hybridized carbons (Fsp3) is 0.250. The lowest BCUT2D eigenvalue weighted by Crippen LogP contribution is -2.09. The average molecular weight is 416 g/mol. The minimum absolute atomic E-state index is 0.418. The molecule has 0 aliphatic carbocycles. The smallest absolute Gasteiger partial charge is 0.192 e. The van der Waals surface area contributed by atoms with Gasteiger partial charge in [0, 0.05) is 18.2 Å². The van der Waals surface area contributed by atoms with Crippen molar-refractivity contribution in [1.29, 1.82) is 0 Å². The standard InChI is InChI=1S/C16H17IO5/c1-18-14-9-15(19-2)11-16(10-14)21-8-7-20-12-3-5-13(22-17)6-4-12/h3-6,9-11H,7-8H2,1-2H3. The first-order chi connectivity index (χ1) is 10.7. The molecule has 0 bridgehead atoms. The third kappa shape index (κ3) is 4.87. The topological polar surface area (TPSA) is 46.2 Å². The van der Waals surface area contributed by atoms with E-state index in [0.717, 1.165) is 11.5 Å². The molecule has 0 fully saturated rings. The number of benzene rings is 2. The van der Waals surface area contributed by atoms with Crippen LogP contribution in [0.25, 0.3) is 0 Å². The van der Waals surface area contributed by atoms with Gasteiger partial charge in [-0.15, -0.1) is 0 Å². The van der Waals surface area contributed by atoms with E-state index in [4.69, 9.17) is 22.0 Å². The van der Waals surface area contributed by atoms with Crippen molar-refractivity contribution in [2.45, 2.75) is 0 Å². The molecule has 0 saturated heterocycles. The van der Waals surface area contributed by atoms with Crippen LogP contribution in [-0.4, -0.2) is 27.4 Å². The molecule has 0 radical (unpaired) electrons. The molecule has 0 saturated carbocycles. The molecule has 0 aromatic heterocycles. The summed E-state index contributed by atoms with van der Waals surface area (Å²) in [7, 11) is 3.20. The van der Waals surface area contributed by atoms with Gasteiger partial charge in [0.15, 0.2) is 23.0 Å². The highest BCUT2D eigenvalue weighted by molar-refractivity contribution is 14.1. The monoisotopic (exact) mass is 416 g/mol. The van der Waals surface area contributed by atoms with Crippen molar-refractivity contribution in [3.8, 4) is 28.7 Å². The van der Waals surface area contributed by atoms with E-state index in [1.165, 1.54) is 0 Å². The van der Waals surface area contributed by atoms with Crippen LogP contribution in [0.3, 0.4) is 0 Å². The second-order valence-electron chi connectivity index (χ2n) is 4.29. The normalized spacial score (nSPS) is 9.95. The Bertz CT molecular complexity index is 563. The largest absolute Gasteiger partial charge is 0.496 e. The predicted molar refractivity (Wildman–Crippen MR) is 91.6 cm³/mol. The zero-order valence-electron chi connectivity index (χ0n) is 12.4. The van der Waals surface area contributed by atoms with Crippen LogP contribution in [0.5, 0.6) is 28.7 Å². The van der Waals surface area contributed by atoms with Gasteiger partial charge in [-0.2, -0.15) is 0 Å². The Morgan fingerprint density at radius 2 is 1.14 bits per heavy atom. The first-order valence-electron chi connectivity index (χ1n) is 6.62. The number of ether oxygens (including phenoxy) is 4. The van der Waals surface area contributed by atoms with E-state index in [0.29, 0.717) is 30.5 Å². The fourth-order valence-corrected chi connectivity index (χ4v) is 2.06. The number of rotatable bonds is 8.